The third-order valence-corrected chi connectivity index (χ3v) is 12.4. The van der Waals surface area contributed by atoms with E-state index < -0.39 is 23.2 Å². The second-order valence-corrected chi connectivity index (χ2v) is 14.0. The molecule has 2 heterocycles. The van der Waals surface area contributed by atoms with Crippen LogP contribution in [0.3, 0.4) is 0 Å². The van der Waals surface area contributed by atoms with Crippen molar-refractivity contribution in [1.29, 1.82) is 0 Å². The molecule has 2 aliphatic heterocycles. The van der Waals surface area contributed by atoms with E-state index in [0.29, 0.717) is 31.1 Å². The van der Waals surface area contributed by atoms with Crippen LogP contribution in [-0.2, 0) is 33.3 Å². The molecule has 0 spiro atoms. The van der Waals surface area contributed by atoms with Crippen LogP contribution in [0.25, 0.3) is 0 Å². The summed E-state index contributed by atoms with van der Waals surface area (Å²) in [6.45, 7) is 7.12. The first-order valence-corrected chi connectivity index (χ1v) is 15.2. The van der Waals surface area contributed by atoms with Gasteiger partial charge in [0.15, 0.2) is 6.29 Å². The number of methoxy groups -OCH3 is 1. The summed E-state index contributed by atoms with van der Waals surface area (Å²) in [5.74, 6) is 0.389. The molecule has 40 heavy (non-hydrogen) atoms. The van der Waals surface area contributed by atoms with Crippen LogP contribution >= 0.6 is 0 Å². The topological polar surface area (TPSA) is 121 Å². The molecule has 0 amide bonds. The Balaban J connectivity index is 1.19. The van der Waals surface area contributed by atoms with Crippen LogP contribution in [-0.4, -0.2) is 78.8 Å². The Morgan fingerprint density at radius 2 is 1.88 bits per heavy atom. The molecule has 4 saturated carbocycles. The van der Waals surface area contributed by atoms with E-state index in [4.69, 9.17) is 23.7 Å². The first kappa shape index (κ1) is 28.6. The predicted molar refractivity (Wildman–Crippen MR) is 143 cm³/mol. The number of fused-ring (bicyclic) bond motifs is 5. The standard InChI is InChI=1S/C31H46O9/c1-17-28(34)23(36-4)13-26(39-17)40-20-7-9-29(2)19(12-20)5-6-22-21(29)8-10-30(3)27(18-11-25(33)37-15-18)24(38-16-32)14-31(22,30)35/h11,16-17,19-24,26-28,34-35H,5-10,12-15H2,1-4H3. The third kappa shape index (κ3) is 4.29. The highest BCUT2D eigenvalue weighted by Gasteiger charge is 2.70. The SMILES string of the molecule is COC1CC(OC2CCC3(C)C(CCC4C3CCC3(C)C(C5=CC(=O)OC5)C(OC=O)CC43O)C2)OC(C)C1O. The van der Waals surface area contributed by atoms with Crippen LogP contribution in [0.1, 0.15) is 78.6 Å². The smallest absolute Gasteiger partial charge is 0.331 e. The van der Waals surface area contributed by atoms with Gasteiger partial charge < -0.3 is 33.9 Å². The van der Waals surface area contributed by atoms with Gasteiger partial charge >= 0.3 is 5.97 Å². The molecule has 9 heteroatoms. The minimum absolute atomic E-state index is 0.0939. The number of hydrogen-bond donors (Lipinski definition) is 2. The summed E-state index contributed by atoms with van der Waals surface area (Å²) in [6.07, 6.45) is 7.14. The molecular formula is C31H46O9. The average Bonchev–Trinajstić information content (AvgIpc) is 3.43. The van der Waals surface area contributed by atoms with Crippen LogP contribution in [0.4, 0.5) is 0 Å². The molecule has 6 rings (SSSR count). The van der Waals surface area contributed by atoms with Gasteiger partial charge in [0.1, 0.15) is 18.8 Å². The van der Waals surface area contributed by atoms with Crippen molar-refractivity contribution in [2.24, 2.45) is 34.5 Å². The lowest BCUT2D eigenvalue weighted by Crippen LogP contribution is -2.62. The molecule has 13 unspecified atom stereocenters. The van der Waals surface area contributed by atoms with Crippen molar-refractivity contribution in [1.82, 2.24) is 0 Å². The number of carbonyl (C=O) groups is 2. The Kier molecular flexibility index (Phi) is 7.39. The zero-order chi connectivity index (χ0) is 28.4. The highest BCUT2D eigenvalue weighted by molar-refractivity contribution is 5.85. The van der Waals surface area contributed by atoms with Crippen molar-refractivity contribution < 1.29 is 43.5 Å². The Morgan fingerprint density at radius 1 is 1.07 bits per heavy atom. The Bertz CT molecular complexity index is 1030. The highest BCUT2D eigenvalue weighted by atomic mass is 16.7. The normalized spacial score (nSPS) is 52.1. The van der Waals surface area contributed by atoms with E-state index >= 15 is 0 Å². The predicted octanol–water partition coefficient (Wildman–Crippen LogP) is 3.29. The molecule has 5 fully saturated rings. The molecule has 13 atom stereocenters. The molecule has 0 aromatic heterocycles. The number of esters is 1. The zero-order valence-electron chi connectivity index (χ0n) is 24.3. The molecule has 1 saturated heterocycles. The molecule has 2 N–H and O–H groups in total. The summed E-state index contributed by atoms with van der Waals surface area (Å²) in [4.78, 5) is 23.5. The number of cyclic esters (lactones) is 1. The van der Waals surface area contributed by atoms with E-state index in [1.165, 1.54) is 0 Å². The summed E-state index contributed by atoms with van der Waals surface area (Å²) < 4.78 is 28.8. The van der Waals surface area contributed by atoms with E-state index in [0.717, 1.165) is 50.5 Å². The van der Waals surface area contributed by atoms with E-state index in [1.54, 1.807) is 13.2 Å². The lowest BCUT2D eigenvalue weighted by Gasteiger charge is -2.63. The van der Waals surface area contributed by atoms with Crippen LogP contribution in [0.5, 0.6) is 0 Å². The van der Waals surface area contributed by atoms with Gasteiger partial charge in [-0.05, 0) is 80.6 Å². The average molecular weight is 563 g/mol. The fourth-order valence-corrected chi connectivity index (χ4v) is 10.3. The van der Waals surface area contributed by atoms with E-state index in [2.05, 4.69) is 13.8 Å². The zero-order valence-corrected chi connectivity index (χ0v) is 24.3. The number of aliphatic hydroxyl groups excluding tert-OH is 1. The maximum absolute atomic E-state index is 12.6. The highest BCUT2D eigenvalue weighted by Crippen LogP contribution is 2.70. The molecular weight excluding hydrogens is 516 g/mol. The maximum Gasteiger partial charge on any atom is 0.331 e. The van der Waals surface area contributed by atoms with Gasteiger partial charge in [-0.15, -0.1) is 0 Å². The monoisotopic (exact) mass is 562 g/mol. The number of hydrogen-bond acceptors (Lipinski definition) is 9. The van der Waals surface area contributed by atoms with Crippen LogP contribution in [0.2, 0.25) is 0 Å². The largest absolute Gasteiger partial charge is 0.464 e. The van der Waals surface area contributed by atoms with Crippen LogP contribution < -0.4 is 0 Å². The van der Waals surface area contributed by atoms with E-state index in [1.807, 2.05) is 6.92 Å². The fourth-order valence-electron chi connectivity index (χ4n) is 10.3. The molecule has 0 bridgehead atoms. The van der Waals surface area contributed by atoms with Crippen molar-refractivity contribution in [3.63, 3.8) is 0 Å². The minimum Gasteiger partial charge on any atom is -0.464 e. The van der Waals surface area contributed by atoms with Gasteiger partial charge in [-0.25, -0.2) is 4.79 Å². The summed E-state index contributed by atoms with van der Waals surface area (Å²) in [7, 11) is 1.62. The van der Waals surface area contributed by atoms with Crippen molar-refractivity contribution in [3.8, 4) is 0 Å². The Morgan fingerprint density at radius 3 is 2.58 bits per heavy atom. The van der Waals surface area contributed by atoms with Crippen molar-refractivity contribution >= 4 is 12.4 Å². The second kappa shape index (κ2) is 10.3. The van der Waals surface area contributed by atoms with Gasteiger partial charge in [-0.1, -0.05) is 13.8 Å². The number of aliphatic hydroxyl groups is 2. The first-order chi connectivity index (χ1) is 19.0. The Hall–Kier alpha value is -1.52. The molecule has 224 valence electrons. The van der Waals surface area contributed by atoms with Gasteiger partial charge in [0.05, 0.1) is 23.9 Å². The number of rotatable bonds is 6. The maximum atomic E-state index is 12.6. The van der Waals surface area contributed by atoms with Crippen molar-refractivity contribution in [2.45, 2.75) is 121 Å². The summed E-state index contributed by atoms with van der Waals surface area (Å²) in [6, 6.07) is 0. The number of carbonyl (C=O) groups excluding carboxylic acids is 2. The van der Waals surface area contributed by atoms with Gasteiger partial charge in [-0.2, -0.15) is 0 Å². The van der Waals surface area contributed by atoms with Crippen molar-refractivity contribution in [2.75, 3.05) is 13.7 Å². The quantitative estimate of drug-likeness (QED) is 0.285. The molecule has 0 aromatic carbocycles. The summed E-state index contributed by atoms with van der Waals surface area (Å²) in [5, 5.41) is 22.9. The van der Waals surface area contributed by atoms with Crippen LogP contribution in [0.15, 0.2) is 11.6 Å². The second-order valence-electron chi connectivity index (χ2n) is 14.0. The van der Waals surface area contributed by atoms with Gasteiger partial charge in [-0.3, -0.25) is 4.79 Å². The summed E-state index contributed by atoms with van der Waals surface area (Å²) in [5.41, 5.74) is -0.544. The first-order valence-electron chi connectivity index (χ1n) is 15.2. The Labute approximate surface area is 236 Å². The lowest BCUT2D eigenvalue weighted by molar-refractivity contribution is -0.273. The molecule has 6 aliphatic rings. The molecule has 0 aromatic rings. The molecule has 9 nitrogen and oxygen atoms in total. The van der Waals surface area contributed by atoms with Gasteiger partial charge in [0, 0.05) is 37.4 Å². The minimum atomic E-state index is -0.982. The fraction of sp³-hybridized carbons (Fsp3) is 0.871. The van der Waals surface area contributed by atoms with Crippen molar-refractivity contribution in [3.05, 3.63) is 11.6 Å². The molecule has 0 radical (unpaired) electrons. The lowest BCUT2D eigenvalue weighted by atomic mass is 9.43. The number of ether oxygens (including phenoxy) is 5. The summed E-state index contributed by atoms with van der Waals surface area (Å²) >= 11 is 0. The van der Waals surface area contributed by atoms with Gasteiger partial charge in [0.25, 0.3) is 6.47 Å². The van der Waals surface area contributed by atoms with Gasteiger partial charge in [0.2, 0.25) is 0 Å². The van der Waals surface area contributed by atoms with E-state index in [-0.39, 0.29) is 54.4 Å². The van der Waals surface area contributed by atoms with Crippen LogP contribution in [0, 0.1) is 34.5 Å². The van der Waals surface area contributed by atoms with E-state index in [9.17, 15) is 19.8 Å². The third-order valence-electron chi connectivity index (χ3n) is 12.4. The molecule has 4 aliphatic carbocycles.